The average molecular weight is 333 g/mol. The van der Waals surface area contributed by atoms with Crippen LogP contribution in [0.4, 0.5) is 0 Å². The number of aryl methyl sites for hydroxylation is 1. The van der Waals surface area contributed by atoms with Gasteiger partial charge in [0.15, 0.2) is 5.65 Å². The van der Waals surface area contributed by atoms with Crippen molar-refractivity contribution in [3.05, 3.63) is 59.8 Å². The van der Waals surface area contributed by atoms with Crippen LogP contribution in [0.2, 0.25) is 0 Å². The minimum Gasteiger partial charge on any atom is -0.327 e. The Hall–Kier alpha value is -2.89. The zero-order valence-corrected chi connectivity index (χ0v) is 14.1. The molecule has 2 aliphatic rings. The fourth-order valence-corrected chi connectivity index (χ4v) is 4.38. The Morgan fingerprint density at radius 1 is 1.40 bits per heavy atom. The Morgan fingerprint density at radius 3 is 3.12 bits per heavy atom. The van der Waals surface area contributed by atoms with Crippen LogP contribution in [0.3, 0.4) is 0 Å². The molecule has 3 aromatic rings. The van der Waals surface area contributed by atoms with Crippen LogP contribution in [0, 0.1) is 6.92 Å². The van der Waals surface area contributed by atoms with Gasteiger partial charge in [-0.1, -0.05) is 6.58 Å². The van der Waals surface area contributed by atoms with Crippen molar-refractivity contribution in [1.29, 1.82) is 0 Å². The summed E-state index contributed by atoms with van der Waals surface area (Å²) in [6, 6.07) is 6.03. The highest BCUT2D eigenvalue weighted by Gasteiger charge is 2.44. The number of hydrogen-bond acceptors (Lipinski definition) is 3. The maximum absolute atomic E-state index is 13.2. The second-order valence-electron chi connectivity index (χ2n) is 6.86. The van der Waals surface area contributed by atoms with E-state index in [1.807, 2.05) is 46.9 Å². The van der Waals surface area contributed by atoms with E-state index in [4.69, 9.17) is 0 Å². The van der Waals surface area contributed by atoms with E-state index in [1.165, 1.54) is 5.69 Å². The van der Waals surface area contributed by atoms with E-state index in [0.717, 1.165) is 36.2 Å². The lowest BCUT2D eigenvalue weighted by molar-refractivity contribution is 0.0635. The first-order valence-electron chi connectivity index (χ1n) is 8.63. The summed E-state index contributed by atoms with van der Waals surface area (Å²) < 4.78 is 3.75. The van der Waals surface area contributed by atoms with Crippen LogP contribution in [0.1, 0.15) is 46.3 Å². The molecule has 5 heterocycles. The van der Waals surface area contributed by atoms with Crippen molar-refractivity contribution >= 4 is 17.8 Å². The normalized spacial score (nSPS) is 21.6. The van der Waals surface area contributed by atoms with Crippen molar-refractivity contribution in [2.75, 3.05) is 0 Å². The first-order chi connectivity index (χ1) is 12.2. The van der Waals surface area contributed by atoms with Crippen molar-refractivity contribution in [1.82, 2.24) is 24.1 Å². The maximum atomic E-state index is 13.2. The second kappa shape index (κ2) is 5.05. The third kappa shape index (κ3) is 1.94. The van der Waals surface area contributed by atoms with Crippen molar-refractivity contribution in [3.63, 3.8) is 0 Å². The monoisotopic (exact) mass is 333 g/mol. The highest BCUT2D eigenvalue weighted by atomic mass is 16.2. The number of hydrogen-bond donors (Lipinski definition) is 0. The van der Waals surface area contributed by atoms with Gasteiger partial charge in [0.05, 0.1) is 17.4 Å². The van der Waals surface area contributed by atoms with Gasteiger partial charge >= 0.3 is 0 Å². The number of carbonyl (C=O) groups is 1. The molecule has 0 spiro atoms. The fourth-order valence-electron chi connectivity index (χ4n) is 4.38. The lowest BCUT2D eigenvalue weighted by Gasteiger charge is -2.36. The SMILES string of the molecule is C=Cn1cccc1C(=O)N1[C@H]2CC[C@@H]1c1cnc3cc(C)nn3c1C2. The lowest BCUT2D eigenvalue weighted by Crippen LogP contribution is -2.43. The minimum absolute atomic E-state index is 0.0693. The average Bonchev–Trinajstić information content (AvgIpc) is 3.30. The van der Waals surface area contributed by atoms with Gasteiger partial charge in [0.25, 0.3) is 5.91 Å². The molecule has 1 saturated heterocycles. The van der Waals surface area contributed by atoms with Crippen molar-refractivity contribution in [2.24, 2.45) is 0 Å². The van der Waals surface area contributed by atoms with Crippen molar-refractivity contribution in [2.45, 2.75) is 38.3 Å². The topological polar surface area (TPSA) is 55.4 Å². The molecule has 6 nitrogen and oxygen atoms in total. The number of nitrogens with zero attached hydrogens (tertiary/aromatic N) is 5. The third-order valence-electron chi connectivity index (χ3n) is 5.46. The predicted octanol–water partition coefficient (Wildman–Crippen LogP) is 2.84. The van der Waals surface area contributed by atoms with Crippen LogP contribution in [-0.4, -0.2) is 36.0 Å². The smallest absolute Gasteiger partial charge is 0.271 e. The van der Waals surface area contributed by atoms with Gasteiger partial charge in [0.2, 0.25) is 0 Å². The Morgan fingerprint density at radius 2 is 2.28 bits per heavy atom. The molecule has 0 saturated carbocycles. The van der Waals surface area contributed by atoms with Gasteiger partial charge in [-0.2, -0.15) is 5.10 Å². The summed E-state index contributed by atoms with van der Waals surface area (Å²) in [6.07, 6.45) is 8.28. The largest absolute Gasteiger partial charge is 0.327 e. The third-order valence-corrected chi connectivity index (χ3v) is 5.46. The summed E-state index contributed by atoms with van der Waals surface area (Å²) in [5, 5.41) is 4.60. The molecule has 0 aromatic carbocycles. The van der Waals surface area contributed by atoms with Gasteiger partial charge < -0.3 is 9.47 Å². The Labute approximate surface area is 145 Å². The molecule has 2 atom stereocenters. The second-order valence-corrected chi connectivity index (χ2v) is 6.86. The molecule has 1 fully saturated rings. The summed E-state index contributed by atoms with van der Waals surface area (Å²) in [5.74, 6) is 0.0693. The lowest BCUT2D eigenvalue weighted by atomic mass is 9.98. The first kappa shape index (κ1) is 14.5. The number of amides is 1. The Balaban J connectivity index is 1.61. The predicted molar refractivity (Wildman–Crippen MR) is 94.2 cm³/mol. The number of fused-ring (bicyclic) bond motifs is 6. The molecule has 0 aliphatic carbocycles. The van der Waals surface area contributed by atoms with Gasteiger partial charge in [-0.15, -0.1) is 0 Å². The minimum atomic E-state index is 0.0693. The molecule has 3 aromatic heterocycles. The van der Waals surface area contributed by atoms with Gasteiger partial charge in [-0.05, 0) is 31.9 Å². The highest BCUT2D eigenvalue weighted by molar-refractivity contribution is 5.94. The maximum Gasteiger partial charge on any atom is 0.271 e. The van der Waals surface area contributed by atoms with Crippen molar-refractivity contribution in [3.8, 4) is 0 Å². The van der Waals surface area contributed by atoms with Crippen LogP contribution < -0.4 is 0 Å². The summed E-state index contributed by atoms with van der Waals surface area (Å²) >= 11 is 0. The molecule has 0 N–H and O–H groups in total. The van der Waals surface area contributed by atoms with Gasteiger partial charge in [0, 0.05) is 42.7 Å². The first-order valence-corrected chi connectivity index (χ1v) is 8.63. The zero-order chi connectivity index (χ0) is 17.1. The molecule has 2 aliphatic heterocycles. The molecule has 2 bridgehead atoms. The van der Waals surface area contributed by atoms with E-state index in [-0.39, 0.29) is 18.0 Å². The summed E-state index contributed by atoms with van der Waals surface area (Å²) in [7, 11) is 0. The van der Waals surface area contributed by atoms with E-state index < -0.39 is 0 Å². The molecule has 25 heavy (non-hydrogen) atoms. The summed E-state index contributed by atoms with van der Waals surface area (Å²) in [4.78, 5) is 19.8. The molecule has 126 valence electrons. The molecular formula is C19H19N5O. The van der Waals surface area contributed by atoms with E-state index in [0.29, 0.717) is 5.69 Å². The standard InChI is InChI=1S/C19H19N5O/c1-3-22-8-4-5-16(22)19(25)23-13-6-7-15(23)14-11-20-18-9-12(2)21-24(18)17(14)10-13/h3-5,8-9,11,13,15H,1,6-7,10H2,2H3/t13-,15+/m0/s1. The number of carbonyl (C=O) groups excluding carboxylic acids is 1. The molecule has 6 heteroatoms. The quantitative estimate of drug-likeness (QED) is 0.725. The van der Waals surface area contributed by atoms with Crippen molar-refractivity contribution < 1.29 is 4.79 Å². The summed E-state index contributed by atoms with van der Waals surface area (Å²) in [5.41, 5.74) is 4.86. The Kier molecular flexibility index (Phi) is 2.92. The Bertz CT molecular complexity index is 1010. The van der Waals surface area contributed by atoms with Gasteiger partial charge in [0.1, 0.15) is 5.69 Å². The van der Waals surface area contributed by atoms with E-state index in [9.17, 15) is 4.79 Å². The van der Waals surface area contributed by atoms with Gasteiger partial charge in [-0.25, -0.2) is 9.50 Å². The molecule has 5 rings (SSSR count). The van der Waals surface area contributed by atoms with Crippen LogP contribution in [-0.2, 0) is 6.42 Å². The van der Waals surface area contributed by atoms with Gasteiger partial charge in [-0.3, -0.25) is 4.79 Å². The number of aromatic nitrogens is 4. The van der Waals surface area contributed by atoms with Crippen LogP contribution in [0.25, 0.3) is 11.8 Å². The number of rotatable bonds is 2. The van der Waals surface area contributed by atoms with Crippen LogP contribution in [0.5, 0.6) is 0 Å². The molecule has 1 amide bonds. The highest BCUT2D eigenvalue weighted by Crippen LogP contribution is 2.44. The molecule has 0 radical (unpaired) electrons. The fraction of sp³-hybridized carbons (Fsp3) is 0.316. The van der Waals surface area contributed by atoms with Crippen LogP contribution >= 0.6 is 0 Å². The molecular weight excluding hydrogens is 314 g/mol. The van der Waals surface area contributed by atoms with E-state index in [1.54, 1.807) is 10.8 Å². The zero-order valence-electron chi connectivity index (χ0n) is 14.1. The molecule has 0 unspecified atom stereocenters. The summed E-state index contributed by atoms with van der Waals surface area (Å²) in [6.45, 7) is 5.77. The van der Waals surface area contributed by atoms with Crippen LogP contribution in [0.15, 0.2) is 37.2 Å². The van der Waals surface area contributed by atoms with E-state index >= 15 is 0 Å². The van der Waals surface area contributed by atoms with E-state index in [2.05, 4.69) is 16.7 Å².